The lowest BCUT2D eigenvalue weighted by Gasteiger charge is -2.33. The number of fused-ring (bicyclic) bond motifs is 3. The summed E-state index contributed by atoms with van der Waals surface area (Å²) in [6, 6.07) is 13.3. The van der Waals surface area contributed by atoms with E-state index in [0.717, 1.165) is 22.3 Å². The predicted molar refractivity (Wildman–Crippen MR) is 122 cm³/mol. The molecule has 35 heavy (non-hydrogen) atoms. The minimum Gasteiger partial charge on any atom is -0.480 e. The molecule has 3 atom stereocenters. The number of benzene rings is 2. The zero-order chi connectivity index (χ0) is 26.0. The molecule has 0 radical (unpaired) electrons. The molecule has 0 aromatic heterocycles. The van der Waals surface area contributed by atoms with Gasteiger partial charge in [0.15, 0.2) is 0 Å². The highest BCUT2D eigenvalue weighted by Gasteiger charge is 2.59. The lowest BCUT2D eigenvalue weighted by Crippen LogP contribution is -2.67. The van der Waals surface area contributed by atoms with Gasteiger partial charge in [-0.2, -0.15) is 13.2 Å². The van der Waals surface area contributed by atoms with Crippen LogP contribution in [0.1, 0.15) is 44.2 Å². The second kappa shape index (κ2) is 9.97. The number of amides is 2. The molecule has 0 bridgehead atoms. The Morgan fingerprint density at radius 2 is 1.54 bits per heavy atom. The number of carboxylic acids is 1. The number of alkyl carbamates (subject to hydrolysis) is 1. The van der Waals surface area contributed by atoms with Crippen LogP contribution in [-0.2, 0) is 14.3 Å². The smallest absolute Gasteiger partial charge is 0.420 e. The highest BCUT2D eigenvalue weighted by molar-refractivity contribution is 5.93. The van der Waals surface area contributed by atoms with Crippen molar-refractivity contribution >= 4 is 18.0 Å². The predicted octanol–water partition coefficient (Wildman–Crippen LogP) is 4.46. The van der Waals surface area contributed by atoms with E-state index in [4.69, 9.17) is 4.74 Å². The SMILES string of the molecule is CCC(C)C(NC(=O)C(C)(NC(=O)OCC1c2ccccc2-c2ccccc21)C(F)(F)F)C(=O)O. The van der Waals surface area contributed by atoms with Gasteiger partial charge in [-0.3, -0.25) is 10.1 Å². The van der Waals surface area contributed by atoms with E-state index in [2.05, 4.69) is 0 Å². The minimum absolute atomic E-state index is 0.250. The van der Waals surface area contributed by atoms with Crippen molar-refractivity contribution in [1.29, 1.82) is 0 Å². The summed E-state index contributed by atoms with van der Waals surface area (Å²) in [5, 5.41) is 12.9. The molecule has 0 heterocycles. The summed E-state index contributed by atoms with van der Waals surface area (Å²) in [6.07, 6.45) is -6.36. The van der Waals surface area contributed by atoms with E-state index in [1.54, 1.807) is 12.2 Å². The van der Waals surface area contributed by atoms with E-state index in [-0.39, 0.29) is 12.5 Å². The van der Waals surface area contributed by atoms with Crippen LogP contribution in [0, 0.1) is 5.92 Å². The molecule has 1 aliphatic rings. The first kappa shape index (κ1) is 26.1. The lowest BCUT2D eigenvalue weighted by atomic mass is 9.95. The summed E-state index contributed by atoms with van der Waals surface area (Å²) < 4.78 is 46.9. The molecule has 2 aromatic carbocycles. The summed E-state index contributed by atoms with van der Waals surface area (Å²) >= 11 is 0. The number of ether oxygens (including phenoxy) is 1. The van der Waals surface area contributed by atoms with E-state index in [1.165, 1.54) is 6.92 Å². The molecule has 0 saturated heterocycles. The first-order valence-electron chi connectivity index (χ1n) is 11.1. The summed E-state index contributed by atoms with van der Waals surface area (Å²) in [6.45, 7) is 3.35. The van der Waals surface area contributed by atoms with Gasteiger partial charge in [-0.05, 0) is 35.1 Å². The second-order valence-corrected chi connectivity index (χ2v) is 8.75. The van der Waals surface area contributed by atoms with Crippen LogP contribution in [0.15, 0.2) is 48.5 Å². The van der Waals surface area contributed by atoms with Crippen LogP contribution in [-0.4, -0.2) is 47.4 Å². The molecule has 0 spiro atoms. The molecule has 0 saturated carbocycles. The topological polar surface area (TPSA) is 105 Å². The molecule has 188 valence electrons. The van der Waals surface area contributed by atoms with Crippen molar-refractivity contribution in [3.8, 4) is 11.1 Å². The number of rotatable bonds is 8. The fourth-order valence-corrected chi connectivity index (χ4v) is 4.06. The van der Waals surface area contributed by atoms with Gasteiger partial charge in [0.25, 0.3) is 5.91 Å². The standard InChI is InChI=1S/C25H27F3N2O5/c1-4-14(2)20(21(31)32)29-22(33)24(3,25(26,27)28)30-23(34)35-13-19-17-11-7-5-9-15(17)16-10-6-8-12-18(16)19/h5-12,14,19-20H,4,13H2,1-3H3,(H,29,33)(H,30,34)(H,31,32). The van der Waals surface area contributed by atoms with Gasteiger partial charge >= 0.3 is 18.2 Å². The average molecular weight is 492 g/mol. The third kappa shape index (κ3) is 5.11. The lowest BCUT2D eigenvalue weighted by molar-refractivity contribution is -0.195. The monoisotopic (exact) mass is 492 g/mol. The molecule has 3 rings (SSSR count). The van der Waals surface area contributed by atoms with E-state index in [9.17, 15) is 32.7 Å². The van der Waals surface area contributed by atoms with Gasteiger partial charge < -0.3 is 15.2 Å². The Bertz CT molecular complexity index is 1070. The summed E-state index contributed by atoms with van der Waals surface area (Å²) in [7, 11) is 0. The zero-order valence-corrected chi connectivity index (χ0v) is 19.5. The van der Waals surface area contributed by atoms with Gasteiger partial charge in [0.1, 0.15) is 12.6 Å². The Morgan fingerprint density at radius 3 is 2.00 bits per heavy atom. The molecule has 2 amide bonds. The van der Waals surface area contributed by atoms with Crippen molar-refractivity contribution in [3.05, 3.63) is 59.7 Å². The molecule has 1 aliphatic carbocycles. The molecule has 7 nitrogen and oxygen atoms in total. The van der Waals surface area contributed by atoms with Crippen molar-refractivity contribution in [1.82, 2.24) is 10.6 Å². The Balaban J connectivity index is 1.76. The number of hydrogen-bond acceptors (Lipinski definition) is 4. The highest BCUT2D eigenvalue weighted by atomic mass is 19.4. The van der Waals surface area contributed by atoms with Crippen LogP contribution in [0.25, 0.3) is 11.1 Å². The Labute approximate surface area is 200 Å². The number of carbonyl (C=O) groups is 3. The van der Waals surface area contributed by atoms with Crippen molar-refractivity contribution in [3.63, 3.8) is 0 Å². The minimum atomic E-state index is -5.22. The summed E-state index contributed by atoms with van der Waals surface area (Å²) in [5.74, 6) is -4.19. The largest absolute Gasteiger partial charge is 0.480 e. The molecule has 0 aliphatic heterocycles. The van der Waals surface area contributed by atoms with Gasteiger partial charge in [-0.1, -0.05) is 68.8 Å². The maximum Gasteiger partial charge on any atom is 0.420 e. The number of alkyl halides is 3. The van der Waals surface area contributed by atoms with Crippen molar-refractivity contribution in [2.24, 2.45) is 5.92 Å². The van der Waals surface area contributed by atoms with Crippen molar-refractivity contribution < 1.29 is 37.4 Å². The van der Waals surface area contributed by atoms with Crippen LogP contribution in [0.2, 0.25) is 0 Å². The molecule has 0 fully saturated rings. The summed E-state index contributed by atoms with van der Waals surface area (Å²) in [5.41, 5.74) is 0.227. The molecule has 10 heteroatoms. The van der Waals surface area contributed by atoms with Gasteiger partial charge in [0.2, 0.25) is 5.54 Å². The molecule has 2 aromatic rings. The molecular weight excluding hydrogens is 465 g/mol. The number of carboxylic acid groups (broad SMARTS) is 1. The van der Waals surface area contributed by atoms with E-state index >= 15 is 0 Å². The number of hydrogen-bond donors (Lipinski definition) is 3. The quantitative estimate of drug-likeness (QED) is 0.505. The van der Waals surface area contributed by atoms with E-state index in [0.29, 0.717) is 13.3 Å². The van der Waals surface area contributed by atoms with E-state index < -0.39 is 41.6 Å². The van der Waals surface area contributed by atoms with Gasteiger partial charge in [0, 0.05) is 5.92 Å². The van der Waals surface area contributed by atoms with Gasteiger partial charge in [-0.25, -0.2) is 9.59 Å². The number of nitrogens with one attached hydrogen (secondary N) is 2. The Morgan fingerprint density at radius 1 is 1.03 bits per heavy atom. The first-order chi connectivity index (χ1) is 16.4. The van der Waals surface area contributed by atoms with E-state index in [1.807, 2.05) is 53.8 Å². The fraction of sp³-hybridized carbons (Fsp3) is 0.400. The van der Waals surface area contributed by atoms with Gasteiger partial charge in [-0.15, -0.1) is 0 Å². The maximum absolute atomic E-state index is 13.9. The van der Waals surface area contributed by atoms with Crippen LogP contribution >= 0.6 is 0 Å². The second-order valence-electron chi connectivity index (χ2n) is 8.75. The molecule has 3 N–H and O–H groups in total. The average Bonchev–Trinajstić information content (AvgIpc) is 3.13. The number of halogens is 3. The highest BCUT2D eigenvalue weighted by Crippen LogP contribution is 2.44. The zero-order valence-electron chi connectivity index (χ0n) is 19.5. The van der Waals surface area contributed by atoms with Crippen LogP contribution in [0.5, 0.6) is 0 Å². The normalized spacial score (nSPS) is 16.3. The Hall–Kier alpha value is -3.56. The van der Waals surface area contributed by atoms with Crippen LogP contribution in [0.3, 0.4) is 0 Å². The van der Waals surface area contributed by atoms with Crippen molar-refractivity contribution in [2.45, 2.75) is 50.9 Å². The number of aliphatic carboxylic acids is 1. The maximum atomic E-state index is 13.9. The fourth-order valence-electron chi connectivity index (χ4n) is 4.06. The Kier molecular flexibility index (Phi) is 7.42. The molecular formula is C25H27F3N2O5. The first-order valence-corrected chi connectivity index (χ1v) is 11.1. The van der Waals surface area contributed by atoms with Gasteiger partial charge in [0.05, 0.1) is 0 Å². The number of carbonyl (C=O) groups excluding carboxylic acids is 2. The van der Waals surface area contributed by atoms with Crippen molar-refractivity contribution in [2.75, 3.05) is 6.61 Å². The third-order valence-corrected chi connectivity index (χ3v) is 6.48. The van der Waals surface area contributed by atoms with Crippen LogP contribution in [0.4, 0.5) is 18.0 Å². The summed E-state index contributed by atoms with van der Waals surface area (Å²) in [4.78, 5) is 36.6. The third-order valence-electron chi connectivity index (χ3n) is 6.48. The molecule has 3 unspecified atom stereocenters. The van der Waals surface area contributed by atoms with Crippen LogP contribution < -0.4 is 10.6 Å².